The summed E-state index contributed by atoms with van der Waals surface area (Å²) in [4.78, 5) is 0. The molecule has 0 aromatic carbocycles. The molecular weight excluding hydrogens is 112 g/mol. The standard InChI is InChI=1S/C8H16O/c1-7-6-8(7,2)4-5-9-3/h7H,4-6H2,1-3H3. The Hall–Kier alpha value is -0.0400. The van der Waals surface area contributed by atoms with Crippen molar-refractivity contribution in [3.63, 3.8) is 0 Å². The minimum Gasteiger partial charge on any atom is -0.385 e. The van der Waals surface area contributed by atoms with Crippen LogP contribution in [0.2, 0.25) is 0 Å². The van der Waals surface area contributed by atoms with Gasteiger partial charge in [0, 0.05) is 13.7 Å². The predicted molar refractivity (Wildman–Crippen MR) is 38.4 cm³/mol. The van der Waals surface area contributed by atoms with Crippen molar-refractivity contribution >= 4 is 0 Å². The van der Waals surface area contributed by atoms with Crippen LogP contribution in [-0.2, 0) is 4.74 Å². The van der Waals surface area contributed by atoms with Gasteiger partial charge in [-0.3, -0.25) is 0 Å². The van der Waals surface area contributed by atoms with Crippen molar-refractivity contribution in [3.05, 3.63) is 0 Å². The van der Waals surface area contributed by atoms with Gasteiger partial charge in [-0.2, -0.15) is 0 Å². The number of hydrogen-bond acceptors (Lipinski definition) is 1. The van der Waals surface area contributed by atoms with Gasteiger partial charge in [0.1, 0.15) is 0 Å². The molecule has 1 fully saturated rings. The fraction of sp³-hybridized carbons (Fsp3) is 1.00. The van der Waals surface area contributed by atoms with Crippen LogP contribution in [0.3, 0.4) is 0 Å². The van der Waals surface area contributed by atoms with E-state index in [1.54, 1.807) is 7.11 Å². The lowest BCUT2D eigenvalue weighted by Crippen LogP contribution is -2.01. The van der Waals surface area contributed by atoms with E-state index >= 15 is 0 Å². The molecule has 1 heteroatoms. The molecule has 1 aliphatic carbocycles. The van der Waals surface area contributed by atoms with Crippen molar-refractivity contribution in [2.75, 3.05) is 13.7 Å². The lowest BCUT2D eigenvalue weighted by atomic mass is 10.0. The SMILES string of the molecule is COCCC1(C)CC1C. The van der Waals surface area contributed by atoms with E-state index in [0.29, 0.717) is 5.41 Å². The first kappa shape index (κ1) is 7.07. The van der Waals surface area contributed by atoms with Crippen LogP contribution < -0.4 is 0 Å². The van der Waals surface area contributed by atoms with Gasteiger partial charge in [-0.1, -0.05) is 13.8 Å². The molecule has 1 nitrogen and oxygen atoms in total. The largest absolute Gasteiger partial charge is 0.385 e. The van der Waals surface area contributed by atoms with Gasteiger partial charge < -0.3 is 4.74 Å². The molecule has 0 aromatic rings. The molecule has 2 unspecified atom stereocenters. The normalized spacial score (nSPS) is 41.0. The topological polar surface area (TPSA) is 9.23 Å². The van der Waals surface area contributed by atoms with Crippen LogP contribution in [0.25, 0.3) is 0 Å². The molecule has 0 heterocycles. The predicted octanol–water partition coefficient (Wildman–Crippen LogP) is 2.07. The molecule has 9 heavy (non-hydrogen) atoms. The van der Waals surface area contributed by atoms with E-state index in [0.717, 1.165) is 12.5 Å². The van der Waals surface area contributed by atoms with Gasteiger partial charge in [-0.25, -0.2) is 0 Å². The number of hydrogen-bond donors (Lipinski definition) is 0. The van der Waals surface area contributed by atoms with E-state index in [9.17, 15) is 0 Å². The highest BCUT2D eigenvalue weighted by Crippen LogP contribution is 2.54. The summed E-state index contributed by atoms with van der Waals surface area (Å²) in [7, 11) is 1.77. The Kier molecular flexibility index (Phi) is 1.80. The highest BCUT2D eigenvalue weighted by molar-refractivity contribution is 4.95. The zero-order valence-corrected chi connectivity index (χ0v) is 6.61. The summed E-state index contributed by atoms with van der Waals surface area (Å²) in [5.41, 5.74) is 0.635. The molecule has 2 atom stereocenters. The van der Waals surface area contributed by atoms with Crippen molar-refractivity contribution < 1.29 is 4.74 Å². The fourth-order valence-electron chi connectivity index (χ4n) is 1.32. The minimum absolute atomic E-state index is 0.635. The van der Waals surface area contributed by atoms with Gasteiger partial charge in [0.2, 0.25) is 0 Å². The maximum Gasteiger partial charge on any atom is 0.0467 e. The summed E-state index contributed by atoms with van der Waals surface area (Å²) in [6.07, 6.45) is 2.64. The Morgan fingerprint density at radius 3 is 2.56 bits per heavy atom. The molecule has 1 saturated carbocycles. The van der Waals surface area contributed by atoms with Gasteiger partial charge >= 0.3 is 0 Å². The molecule has 0 amide bonds. The van der Waals surface area contributed by atoms with E-state index in [4.69, 9.17) is 4.74 Å². The minimum atomic E-state index is 0.635. The van der Waals surface area contributed by atoms with E-state index in [1.165, 1.54) is 12.8 Å². The Morgan fingerprint density at radius 2 is 2.22 bits per heavy atom. The summed E-state index contributed by atoms with van der Waals surface area (Å²) in [6.45, 7) is 5.59. The summed E-state index contributed by atoms with van der Waals surface area (Å²) in [5, 5.41) is 0. The second-order valence-corrected chi connectivity index (χ2v) is 3.50. The summed E-state index contributed by atoms with van der Waals surface area (Å²) in [6, 6.07) is 0. The van der Waals surface area contributed by atoms with Crippen LogP contribution >= 0.6 is 0 Å². The maximum atomic E-state index is 5.01. The lowest BCUT2D eigenvalue weighted by molar-refractivity contribution is 0.173. The van der Waals surface area contributed by atoms with E-state index < -0.39 is 0 Å². The molecule has 0 N–H and O–H groups in total. The van der Waals surface area contributed by atoms with Crippen LogP contribution in [-0.4, -0.2) is 13.7 Å². The molecular formula is C8H16O. The first-order chi connectivity index (χ1) is 4.19. The fourth-order valence-corrected chi connectivity index (χ4v) is 1.32. The Morgan fingerprint density at radius 1 is 1.67 bits per heavy atom. The van der Waals surface area contributed by atoms with Gasteiger partial charge in [0.25, 0.3) is 0 Å². The third kappa shape index (κ3) is 1.45. The number of methoxy groups -OCH3 is 1. The van der Waals surface area contributed by atoms with Gasteiger partial charge in [-0.05, 0) is 24.2 Å². The smallest absolute Gasteiger partial charge is 0.0467 e. The van der Waals surface area contributed by atoms with Crippen LogP contribution in [0.5, 0.6) is 0 Å². The molecule has 0 aliphatic heterocycles. The second-order valence-electron chi connectivity index (χ2n) is 3.50. The highest BCUT2D eigenvalue weighted by atomic mass is 16.5. The average molecular weight is 128 g/mol. The van der Waals surface area contributed by atoms with Crippen LogP contribution in [0.1, 0.15) is 26.7 Å². The zero-order chi connectivity index (χ0) is 6.91. The maximum absolute atomic E-state index is 5.01. The number of rotatable bonds is 3. The van der Waals surface area contributed by atoms with Crippen molar-refractivity contribution in [1.29, 1.82) is 0 Å². The first-order valence-electron chi connectivity index (χ1n) is 3.68. The third-order valence-corrected chi connectivity index (χ3v) is 2.68. The highest BCUT2D eigenvalue weighted by Gasteiger charge is 2.45. The van der Waals surface area contributed by atoms with Gasteiger partial charge in [0.15, 0.2) is 0 Å². The molecule has 0 bridgehead atoms. The van der Waals surface area contributed by atoms with Gasteiger partial charge in [-0.15, -0.1) is 0 Å². The quantitative estimate of drug-likeness (QED) is 0.565. The Bertz CT molecular complexity index is 101. The summed E-state index contributed by atoms with van der Waals surface area (Å²) >= 11 is 0. The monoisotopic (exact) mass is 128 g/mol. The summed E-state index contributed by atoms with van der Waals surface area (Å²) < 4.78 is 5.01. The van der Waals surface area contributed by atoms with Crippen molar-refractivity contribution in [2.24, 2.45) is 11.3 Å². The van der Waals surface area contributed by atoms with Gasteiger partial charge in [0.05, 0.1) is 0 Å². The summed E-state index contributed by atoms with van der Waals surface area (Å²) in [5.74, 6) is 0.938. The van der Waals surface area contributed by atoms with Crippen LogP contribution in [0.4, 0.5) is 0 Å². The molecule has 1 rings (SSSR count). The average Bonchev–Trinajstić information content (AvgIpc) is 2.38. The van der Waals surface area contributed by atoms with Crippen LogP contribution in [0.15, 0.2) is 0 Å². The lowest BCUT2D eigenvalue weighted by Gasteiger charge is -2.06. The molecule has 0 aromatic heterocycles. The zero-order valence-electron chi connectivity index (χ0n) is 6.61. The van der Waals surface area contributed by atoms with Crippen molar-refractivity contribution in [1.82, 2.24) is 0 Å². The van der Waals surface area contributed by atoms with E-state index in [1.807, 2.05) is 0 Å². The third-order valence-electron chi connectivity index (χ3n) is 2.68. The molecule has 54 valence electrons. The van der Waals surface area contributed by atoms with E-state index in [2.05, 4.69) is 13.8 Å². The molecule has 1 aliphatic rings. The van der Waals surface area contributed by atoms with Crippen molar-refractivity contribution in [2.45, 2.75) is 26.7 Å². The van der Waals surface area contributed by atoms with E-state index in [-0.39, 0.29) is 0 Å². The Labute approximate surface area is 57.4 Å². The molecule has 0 spiro atoms. The first-order valence-corrected chi connectivity index (χ1v) is 3.68. The second kappa shape index (κ2) is 2.30. The van der Waals surface area contributed by atoms with Crippen LogP contribution in [0, 0.1) is 11.3 Å². The molecule has 0 saturated heterocycles. The van der Waals surface area contributed by atoms with Crippen molar-refractivity contribution in [3.8, 4) is 0 Å². The number of ether oxygens (including phenoxy) is 1. The Balaban J connectivity index is 2.13. The molecule has 0 radical (unpaired) electrons.